The lowest BCUT2D eigenvalue weighted by Crippen LogP contribution is -2.13. The van der Waals surface area contributed by atoms with E-state index in [-0.39, 0.29) is 10.9 Å². The van der Waals surface area contributed by atoms with Gasteiger partial charge in [-0.15, -0.1) is 11.8 Å². The van der Waals surface area contributed by atoms with E-state index in [4.69, 9.17) is 0 Å². The number of thioether (sulfide) groups is 1. The van der Waals surface area contributed by atoms with Crippen LogP contribution in [0.25, 0.3) is 0 Å². The van der Waals surface area contributed by atoms with Crippen LogP contribution in [-0.4, -0.2) is 12.8 Å². The first kappa shape index (κ1) is 10.9. The van der Waals surface area contributed by atoms with Gasteiger partial charge in [0, 0.05) is 6.04 Å². The number of rotatable bonds is 2. The highest BCUT2D eigenvalue weighted by molar-refractivity contribution is 7.98. The minimum Gasteiger partial charge on any atom is -0.310 e. The molecule has 0 aliphatic carbocycles. The van der Waals surface area contributed by atoms with Gasteiger partial charge in [-0.3, -0.25) is 0 Å². The molecule has 1 aliphatic heterocycles. The van der Waals surface area contributed by atoms with Crippen LogP contribution in [0.3, 0.4) is 0 Å². The summed E-state index contributed by atoms with van der Waals surface area (Å²) in [5.74, 6) is -0.905. The second-order valence-corrected chi connectivity index (χ2v) is 4.48. The van der Waals surface area contributed by atoms with Crippen LogP contribution in [0.4, 0.5) is 8.78 Å². The van der Waals surface area contributed by atoms with Gasteiger partial charge >= 0.3 is 0 Å². The van der Waals surface area contributed by atoms with Crippen LogP contribution in [0.2, 0.25) is 0 Å². The molecule has 0 spiro atoms. The molecule has 1 unspecified atom stereocenters. The van der Waals surface area contributed by atoms with Crippen molar-refractivity contribution in [2.24, 2.45) is 0 Å². The van der Waals surface area contributed by atoms with E-state index in [9.17, 15) is 8.78 Å². The van der Waals surface area contributed by atoms with Gasteiger partial charge in [0.05, 0.1) is 4.90 Å². The number of halogens is 2. The maximum atomic E-state index is 13.5. The maximum absolute atomic E-state index is 13.5. The van der Waals surface area contributed by atoms with Crippen LogP contribution >= 0.6 is 11.8 Å². The van der Waals surface area contributed by atoms with Crippen molar-refractivity contribution in [2.45, 2.75) is 23.8 Å². The summed E-state index contributed by atoms with van der Waals surface area (Å²) < 4.78 is 27.0. The second-order valence-electron chi connectivity index (χ2n) is 3.67. The molecule has 0 amide bonds. The van der Waals surface area contributed by atoms with E-state index < -0.39 is 11.6 Å². The molecular formula is C11H13F2NS. The topological polar surface area (TPSA) is 12.0 Å². The first-order valence-electron chi connectivity index (χ1n) is 4.98. The van der Waals surface area contributed by atoms with Crippen molar-refractivity contribution in [1.29, 1.82) is 0 Å². The Bertz CT molecular complexity index is 339. The summed E-state index contributed by atoms with van der Waals surface area (Å²) in [5.41, 5.74) is 0.723. The molecule has 15 heavy (non-hydrogen) atoms. The maximum Gasteiger partial charge on any atom is 0.140 e. The van der Waals surface area contributed by atoms with Crippen molar-refractivity contribution in [3.8, 4) is 0 Å². The zero-order valence-corrected chi connectivity index (χ0v) is 9.33. The van der Waals surface area contributed by atoms with E-state index >= 15 is 0 Å². The predicted octanol–water partition coefficient (Wildman–Crippen LogP) is 3.11. The van der Waals surface area contributed by atoms with E-state index in [0.29, 0.717) is 0 Å². The third kappa shape index (κ3) is 2.16. The first-order valence-corrected chi connectivity index (χ1v) is 6.21. The molecule has 0 radical (unpaired) electrons. The molecule has 1 N–H and O–H groups in total. The van der Waals surface area contributed by atoms with E-state index in [1.165, 1.54) is 12.1 Å². The Kier molecular flexibility index (Phi) is 3.26. The highest BCUT2D eigenvalue weighted by Gasteiger charge is 2.19. The van der Waals surface area contributed by atoms with Gasteiger partial charge in [-0.05, 0) is 43.3 Å². The van der Waals surface area contributed by atoms with Gasteiger partial charge in [-0.1, -0.05) is 0 Å². The lowest BCUT2D eigenvalue weighted by atomic mass is 10.1. The fourth-order valence-electron chi connectivity index (χ4n) is 1.94. The fourth-order valence-corrected chi connectivity index (χ4v) is 2.45. The molecule has 0 aromatic heterocycles. The fraction of sp³-hybridized carbons (Fsp3) is 0.455. The smallest absolute Gasteiger partial charge is 0.140 e. The van der Waals surface area contributed by atoms with Gasteiger partial charge in [0.25, 0.3) is 0 Å². The molecule has 1 heterocycles. The molecule has 0 bridgehead atoms. The standard InChI is InChI=1S/C11H13F2NS/c1-15-11-8(12)5-7(6-9(11)13)10-3-2-4-14-10/h5-6,10,14H,2-4H2,1H3. The Labute approximate surface area is 92.3 Å². The third-order valence-corrected chi connectivity index (χ3v) is 3.49. The number of hydrogen-bond acceptors (Lipinski definition) is 2. The lowest BCUT2D eigenvalue weighted by Gasteiger charge is -2.12. The Morgan fingerprint density at radius 2 is 2.00 bits per heavy atom. The van der Waals surface area contributed by atoms with Crippen LogP contribution in [0.15, 0.2) is 17.0 Å². The molecule has 1 fully saturated rings. The Hall–Kier alpha value is -0.610. The Morgan fingerprint density at radius 3 is 2.47 bits per heavy atom. The highest BCUT2D eigenvalue weighted by atomic mass is 32.2. The Morgan fingerprint density at radius 1 is 1.33 bits per heavy atom. The van der Waals surface area contributed by atoms with Crippen molar-refractivity contribution < 1.29 is 8.78 Å². The third-order valence-electron chi connectivity index (χ3n) is 2.69. The lowest BCUT2D eigenvalue weighted by molar-refractivity contribution is 0.528. The average molecular weight is 229 g/mol. The molecule has 1 nitrogen and oxygen atoms in total. The van der Waals surface area contributed by atoms with Gasteiger partial charge in [0.2, 0.25) is 0 Å². The highest BCUT2D eigenvalue weighted by Crippen LogP contribution is 2.29. The van der Waals surface area contributed by atoms with Crippen molar-refractivity contribution >= 4 is 11.8 Å². The first-order chi connectivity index (χ1) is 7.22. The van der Waals surface area contributed by atoms with E-state index in [0.717, 1.165) is 36.7 Å². The van der Waals surface area contributed by atoms with Crippen molar-refractivity contribution in [3.63, 3.8) is 0 Å². The minimum atomic E-state index is -0.453. The van der Waals surface area contributed by atoms with Crippen molar-refractivity contribution in [1.82, 2.24) is 5.32 Å². The summed E-state index contributed by atoms with van der Waals surface area (Å²) in [6.45, 7) is 0.929. The molecule has 0 saturated carbocycles. The van der Waals surface area contributed by atoms with Crippen LogP contribution in [0.5, 0.6) is 0 Å². The molecule has 1 atom stereocenters. The largest absolute Gasteiger partial charge is 0.310 e. The quantitative estimate of drug-likeness (QED) is 0.782. The molecule has 1 saturated heterocycles. The van der Waals surface area contributed by atoms with Gasteiger partial charge in [0.1, 0.15) is 11.6 Å². The minimum absolute atomic E-state index is 0.108. The van der Waals surface area contributed by atoms with E-state index in [2.05, 4.69) is 5.32 Å². The summed E-state index contributed by atoms with van der Waals surface area (Å²) in [7, 11) is 0. The average Bonchev–Trinajstić information content (AvgIpc) is 2.69. The zero-order valence-electron chi connectivity index (χ0n) is 8.52. The van der Waals surface area contributed by atoms with Gasteiger partial charge in [-0.25, -0.2) is 8.78 Å². The van der Waals surface area contributed by atoms with Crippen molar-refractivity contribution in [2.75, 3.05) is 12.8 Å². The van der Waals surface area contributed by atoms with E-state index in [1.807, 2.05) is 0 Å². The van der Waals surface area contributed by atoms with Gasteiger partial charge < -0.3 is 5.32 Å². The molecule has 1 aromatic carbocycles. The summed E-state index contributed by atoms with van der Waals surface area (Å²) >= 11 is 1.10. The monoisotopic (exact) mass is 229 g/mol. The van der Waals surface area contributed by atoms with Crippen LogP contribution in [-0.2, 0) is 0 Å². The summed E-state index contributed by atoms with van der Waals surface area (Å²) in [6, 6.07) is 3.00. The van der Waals surface area contributed by atoms with Crippen LogP contribution < -0.4 is 5.32 Å². The van der Waals surface area contributed by atoms with Crippen LogP contribution in [0.1, 0.15) is 24.4 Å². The van der Waals surface area contributed by atoms with Crippen molar-refractivity contribution in [3.05, 3.63) is 29.3 Å². The van der Waals surface area contributed by atoms with Gasteiger partial charge in [0.15, 0.2) is 0 Å². The predicted molar refractivity (Wildman–Crippen MR) is 58.1 cm³/mol. The molecule has 1 aromatic rings. The molecule has 1 aliphatic rings. The summed E-state index contributed by atoms with van der Waals surface area (Å²) in [6.07, 6.45) is 3.70. The number of nitrogens with one attached hydrogen (secondary N) is 1. The number of benzene rings is 1. The SMILES string of the molecule is CSc1c(F)cc(C2CCCN2)cc1F. The summed E-state index contributed by atoms with van der Waals surface area (Å²) in [4.78, 5) is 0.108. The van der Waals surface area contributed by atoms with E-state index in [1.54, 1.807) is 6.26 Å². The molecule has 2 rings (SSSR count). The molecule has 82 valence electrons. The molecular weight excluding hydrogens is 216 g/mol. The van der Waals surface area contributed by atoms with Crippen LogP contribution in [0, 0.1) is 11.6 Å². The van der Waals surface area contributed by atoms with Gasteiger partial charge in [-0.2, -0.15) is 0 Å². The second kappa shape index (κ2) is 4.49. The molecule has 4 heteroatoms. The summed E-state index contributed by atoms with van der Waals surface area (Å²) in [5, 5.41) is 3.22. The zero-order chi connectivity index (χ0) is 10.8. The Balaban J connectivity index is 2.33. The number of hydrogen-bond donors (Lipinski definition) is 1. The normalized spacial score (nSPS) is 20.9.